The normalized spacial score (nSPS) is 10.2. The van der Waals surface area contributed by atoms with Gasteiger partial charge in [0.1, 0.15) is 11.6 Å². The molecule has 0 aliphatic heterocycles. The van der Waals surface area contributed by atoms with Crippen LogP contribution in [0, 0.1) is 13.8 Å². The minimum Gasteiger partial charge on any atom is -0.359 e. The molecule has 0 aliphatic carbocycles. The van der Waals surface area contributed by atoms with E-state index in [0.717, 1.165) is 29.2 Å². The Labute approximate surface area is 87.3 Å². The van der Waals surface area contributed by atoms with Gasteiger partial charge >= 0.3 is 0 Å². The molecular formula is C9H14BrN3. The number of hydrogen-bond acceptors (Lipinski definition) is 3. The van der Waals surface area contributed by atoms with Gasteiger partial charge in [0.2, 0.25) is 0 Å². The van der Waals surface area contributed by atoms with Crippen molar-refractivity contribution in [2.24, 2.45) is 0 Å². The minimum absolute atomic E-state index is 0.830. The molecule has 0 N–H and O–H groups in total. The van der Waals surface area contributed by atoms with Crippen LogP contribution in [0.5, 0.6) is 0 Å². The van der Waals surface area contributed by atoms with Crippen LogP contribution in [0.25, 0.3) is 0 Å². The van der Waals surface area contributed by atoms with Crippen molar-refractivity contribution in [1.29, 1.82) is 0 Å². The van der Waals surface area contributed by atoms with Gasteiger partial charge in [-0.05, 0) is 13.8 Å². The van der Waals surface area contributed by atoms with E-state index in [1.807, 2.05) is 27.0 Å². The maximum absolute atomic E-state index is 4.35. The molecule has 0 unspecified atom stereocenters. The number of aryl methyl sites for hydroxylation is 2. The summed E-state index contributed by atoms with van der Waals surface area (Å²) in [6.07, 6.45) is 0. The highest BCUT2D eigenvalue weighted by molar-refractivity contribution is 9.09. The molecule has 3 nitrogen and oxygen atoms in total. The van der Waals surface area contributed by atoms with E-state index in [1.165, 1.54) is 0 Å². The summed E-state index contributed by atoms with van der Waals surface area (Å²) in [5.41, 5.74) is 1.02. The van der Waals surface area contributed by atoms with Crippen molar-refractivity contribution in [2.45, 2.75) is 13.8 Å². The number of rotatable bonds is 3. The van der Waals surface area contributed by atoms with Crippen LogP contribution in [0.1, 0.15) is 11.5 Å². The van der Waals surface area contributed by atoms with Gasteiger partial charge in [-0.15, -0.1) is 0 Å². The van der Waals surface area contributed by atoms with E-state index in [4.69, 9.17) is 0 Å². The molecule has 1 aromatic heterocycles. The number of halogens is 1. The zero-order valence-electron chi connectivity index (χ0n) is 8.21. The summed E-state index contributed by atoms with van der Waals surface area (Å²) in [5.74, 6) is 1.82. The van der Waals surface area contributed by atoms with E-state index in [9.17, 15) is 0 Å². The van der Waals surface area contributed by atoms with Crippen molar-refractivity contribution >= 4 is 21.7 Å². The molecule has 0 aromatic carbocycles. The number of anilines is 1. The molecule has 0 bridgehead atoms. The molecule has 0 atom stereocenters. The SMILES string of the molecule is Cc1cc(N(C)CCBr)nc(C)n1. The van der Waals surface area contributed by atoms with Gasteiger partial charge in [-0.3, -0.25) is 0 Å². The lowest BCUT2D eigenvalue weighted by molar-refractivity contribution is 0.909. The number of alkyl halides is 1. The Kier molecular flexibility index (Phi) is 3.66. The Hall–Kier alpha value is -0.640. The largest absolute Gasteiger partial charge is 0.359 e. The van der Waals surface area contributed by atoms with E-state index < -0.39 is 0 Å². The monoisotopic (exact) mass is 243 g/mol. The van der Waals surface area contributed by atoms with E-state index >= 15 is 0 Å². The van der Waals surface area contributed by atoms with E-state index in [2.05, 4.69) is 30.8 Å². The van der Waals surface area contributed by atoms with Crippen molar-refractivity contribution in [2.75, 3.05) is 23.8 Å². The van der Waals surface area contributed by atoms with Gasteiger partial charge in [-0.2, -0.15) is 0 Å². The lowest BCUT2D eigenvalue weighted by Gasteiger charge is -2.17. The highest BCUT2D eigenvalue weighted by atomic mass is 79.9. The summed E-state index contributed by atoms with van der Waals surface area (Å²) in [6, 6.07) is 2.00. The summed E-state index contributed by atoms with van der Waals surface area (Å²) in [4.78, 5) is 10.7. The summed E-state index contributed by atoms with van der Waals surface area (Å²) in [6.45, 7) is 4.86. The predicted molar refractivity (Wildman–Crippen MR) is 58.6 cm³/mol. The maximum atomic E-state index is 4.35. The molecule has 0 fully saturated rings. The van der Waals surface area contributed by atoms with Crippen LogP contribution < -0.4 is 4.90 Å². The molecular weight excluding hydrogens is 230 g/mol. The zero-order valence-corrected chi connectivity index (χ0v) is 9.80. The maximum Gasteiger partial charge on any atom is 0.132 e. The van der Waals surface area contributed by atoms with Gasteiger partial charge in [-0.25, -0.2) is 9.97 Å². The van der Waals surface area contributed by atoms with Crippen LogP contribution in [0.2, 0.25) is 0 Å². The van der Waals surface area contributed by atoms with Gasteiger partial charge in [0, 0.05) is 30.7 Å². The highest BCUT2D eigenvalue weighted by Crippen LogP contribution is 2.10. The van der Waals surface area contributed by atoms with Crippen molar-refractivity contribution in [3.8, 4) is 0 Å². The molecule has 72 valence electrons. The highest BCUT2D eigenvalue weighted by Gasteiger charge is 2.03. The number of hydrogen-bond donors (Lipinski definition) is 0. The van der Waals surface area contributed by atoms with Gasteiger partial charge < -0.3 is 4.90 Å². The fraction of sp³-hybridized carbons (Fsp3) is 0.556. The van der Waals surface area contributed by atoms with Gasteiger partial charge in [0.25, 0.3) is 0 Å². The third kappa shape index (κ3) is 2.95. The summed E-state index contributed by atoms with van der Waals surface area (Å²) in [5, 5.41) is 0.950. The van der Waals surface area contributed by atoms with Crippen LogP contribution in [0.4, 0.5) is 5.82 Å². The van der Waals surface area contributed by atoms with Crippen LogP contribution >= 0.6 is 15.9 Å². The van der Waals surface area contributed by atoms with Crippen LogP contribution in [0.3, 0.4) is 0 Å². The molecule has 0 radical (unpaired) electrons. The lowest BCUT2D eigenvalue weighted by atomic mass is 10.4. The number of nitrogens with zero attached hydrogens (tertiary/aromatic N) is 3. The Morgan fingerprint density at radius 2 is 2.08 bits per heavy atom. The Morgan fingerprint density at radius 3 is 2.62 bits per heavy atom. The first-order chi connectivity index (χ1) is 6.13. The van der Waals surface area contributed by atoms with Crippen molar-refractivity contribution in [3.05, 3.63) is 17.6 Å². The predicted octanol–water partition coefficient (Wildman–Crippen LogP) is 1.92. The number of aromatic nitrogens is 2. The van der Waals surface area contributed by atoms with Crippen LogP contribution in [0.15, 0.2) is 6.07 Å². The standard InChI is InChI=1S/C9H14BrN3/c1-7-6-9(12-8(2)11-7)13(3)5-4-10/h6H,4-5H2,1-3H3. The molecule has 4 heteroatoms. The Morgan fingerprint density at radius 1 is 1.38 bits per heavy atom. The second-order valence-electron chi connectivity index (χ2n) is 3.03. The minimum atomic E-state index is 0.830. The summed E-state index contributed by atoms with van der Waals surface area (Å²) >= 11 is 3.40. The Balaban J connectivity index is 2.87. The lowest BCUT2D eigenvalue weighted by Crippen LogP contribution is -2.21. The molecule has 0 aliphatic rings. The zero-order chi connectivity index (χ0) is 9.84. The third-order valence-electron chi connectivity index (χ3n) is 1.76. The third-order valence-corrected chi connectivity index (χ3v) is 2.12. The average molecular weight is 244 g/mol. The van der Waals surface area contributed by atoms with Gasteiger partial charge in [0.05, 0.1) is 0 Å². The fourth-order valence-corrected chi connectivity index (χ4v) is 1.67. The first kappa shape index (κ1) is 10.4. The van der Waals surface area contributed by atoms with Crippen molar-refractivity contribution in [1.82, 2.24) is 9.97 Å². The van der Waals surface area contributed by atoms with Crippen LogP contribution in [-0.2, 0) is 0 Å². The second-order valence-corrected chi connectivity index (χ2v) is 3.82. The van der Waals surface area contributed by atoms with Crippen molar-refractivity contribution in [3.63, 3.8) is 0 Å². The van der Waals surface area contributed by atoms with Crippen molar-refractivity contribution < 1.29 is 0 Å². The smallest absolute Gasteiger partial charge is 0.132 e. The van der Waals surface area contributed by atoms with E-state index in [0.29, 0.717) is 0 Å². The van der Waals surface area contributed by atoms with Crippen LogP contribution in [-0.4, -0.2) is 28.9 Å². The molecule has 1 rings (SSSR count). The first-order valence-corrected chi connectivity index (χ1v) is 5.35. The average Bonchev–Trinajstić information content (AvgIpc) is 2.03. The second kappa shape index (κ2) is 4.56. The molecule has 13 heavy (non-hydrogen) atoms. The molecule has 1 aromatic rings. The summed E-state index contributed by atoms with van der Waals surface area (Å²) < 4.78 is 0. The summed E-state index contributed by atoms with van der Waals surface area (Å²) in [7, 11) is 2.03. The Bertz CT molecular complexity index is 268. The molecule has 0 amide bonds. The van der Waals surface area contributed by atoms with E-state index in [-0.39, 0.29) is 0 Å². The quantitative estimate of drug-likeness (QED) is 0.760. The van der Waals surface area contributed by atoms with Gasteiger partial charge in [0.15, 0.2) is 0 Å². The molecule has 0 saturated carbocycles. The molecule has 0 spiro atoms. The first-order valence-electron chi connectivity index (χ1n) is 4.23. The molecule has 1 heterocycles. The van der Waals surface area contributed by atoms with E-state index in [1.54, 1.807) is 0 Å². The fourth-order valence-electron chi connectivity index (χ4n) is 1.13. The topological polar surface area (TPSA) is 29.0 Å². The van der Waals surface area contributed by atoms with Gasteiger partial charge in [-0.1, -0.05) is 15.9 Å². The molecule has 0 saturated heterocycles.